The topological polar surface area (TPSA) is 103 Å². The molecular weight excluding hydrogens is 262 g/mol. The Morgan fingerprint density at radius 2 is 1.80 bits per heavy atom. The molecule has 5 atom stereocenters. The summed E-state index contributed by atoms with van der Waals surface area (Å²) < 4.78 is 5.02. The minimum Gasteiger partial charge on any atom is -0.394 e. The maximum atomic E-state index is 9.92. The number of aliphatic imine (C=N–C) groups is 1. The van der Waals surface area contributed by atoms with Gasteiger partial charge in [-0.2, -0.15) is 0 Å². The van der Waals surface area contributed by atoms with Gasteiger partial charge in [-0.25, -0.2) is 0 Å². The number of rotatable bonds is 3. The molecule has 0 radical (unpaired) electrons. The zero-order valence-corrected chi connectivity index (χ0v) is 11.1. The molecule has 0 aliphatic carbocycles. The Hall–Kier alpha value is -1.31. The Morgan fingerprint density at radius 3 is 2.40 bits per heavy atom. The van der Waals surface area contributed by atoms with Crippen LogP contribution in [0.4, 0.5) is 0 Å². The van der Waals surface area contributed by atoms with E-state index in [-0.39, 0.29) is 0 Å². The van der Waals surface area contributed by atoms with Crippen LogP contribution in [0.2, 0.25) is 0 Å². The summed E-state index contributed by atoms with van der Waals surface area (Å²) >= 11 is 0. The third-order valence-corrected chi connectivity index (χ3v) is 3.34. The summed E-state index contributed by atoms with van der Waals surface area (Å²) in [6.07, 6.45) is -3.45. The van der Waals surface area contributed by atoms with Crippen LogP contribution in [0.5, 0.6) is 0 Å². The normalized spacial score (nSPS) is 34.5. The first kappa shape index (κ1) is 15.1. The van der Waals surface area contributed by atoms with E-state index in [1.165, 1.54) is 6.21 Å². The van der Waals surface area contributed by atoms with Gasteiger partial charge < -0.3 is 25.2 Å². The number of hydrogen-bond acceptors (Lipinski definition) is 6. The largest absolute Gasteiger partial charge is 0.394 e. The molecule has 1 aliphatic heterocycles. The van der Waals surface area contributed by atoms with Gasteiger partial charge >= 0.3 is 0 Å². The van der Waals surface area contributed by atoms with Crippen molar-refractivity contribution < 1.29 is 25.2 Å². The van der Waals surface area contributed by atoms with E-state index >= 15 is 0 Å². The van der Waals surface area contributed by atoms with Gasteiger partial charge in [0, 0.05) is 6.21 Å². The SMILES string of the molecule is Cc1ccc(C=NC2C(O)OC(CO)[C@@H](O)[C@@H]2O)cc1. The van der Waals surface area contributed by atoms with E-state index < -0.39 is 37.3 Å². The Labute approximate surface area is 117 Å². The fourth-order valence-corrected chi connectivity index (χ4v) is 2.07. The summed E-state index contributed by atoms with van der Waals surface area (Å²) in [6.45, 7) is 1.48. The molecule has 4 N–H and O–H groups in total. The summed E-state index contributed by atoms with van der Waals surface area (Å²) in [6, 6.07) is 6.56. The maximum Gasteiger partial charge on any atom is 0.180 e. The minimum absolute atomic E-state index is 0.482. The van der Waals surface area contributed by atoms with E-state index in [1.807, 2.05) is 31.2 Å². The van der Waals surface area contributed by atoms with E-state index in [0.29, 0.717) is 0 Å². The smallest absolute Gasteiger partial charge is 0.180 e. The van der Waals surface area contributed by atoms with Crippen molar-refractivity contribution in [2.75, 3.05) is 6.61 Å². The summed E-state index contributed by atoms with van der Waals surface area (Å²) in [5.74, 6) is 0. The van der Waals surface area contributed by atoms with Crippen LogP contribution in [0.1, 0.15) is 11.1 Å². The number of hydrogen-bond donors (Lipinski definition) is 4. The highest BCUT2D eigenvalue weighted by molar-refractivity contribution is 5.79. The predicted molar refractivity (Wildman–Crippen MR) is 72.5 cm³/mol. The van der Waals surface area contributed by atoms with Crippen molar-refractivity contribution in [2.24, 2.45) is 4.99 Å². The van der Waals surface area contributed by atoms with Crippen LogP contribution in [-0.2, 0) is 4.74 Å². The lowest BCUT2D eigenvalue weighted by molar-refractivity contribution is -0.248. The van der Waals surface area contributed by atoms with Crippen molar-refractivity contribution >= 4 is 6.21 Å². The first-order valence-corrected chi connectivity index (χ1v) is 6.43. The molecule has 110 valence electrons. The van der Waals surface area contributed by atoms with Gasteiger partial charge in [-0.05, 0) is 12.5 Å². The lowest BCUT2D eigenvalue weighted by Gasteiger charge is -2.38. The van der Waals surface area contributed by atoms with Gasteiger partial charge in [-0.15, -0.1) is 0 Å². The zero-order valence-electron chi connectivity index (χ0n) is 11.1. The molecule has 1 fully saturated rings. The molecule has 1 saturated heterocycles. The molecule has 2 rings (SSSR count). The minimum atomic E-state index is -1.37. The Morgan fingerprint density at radius 1 is 1.15 bits per heavy atom. The van der Waals surface area contributed by atoms with Crippen molar-refractivity contribution in [1.29, 1.82) is 0 Å². The molecule has 3 unspecified atom stereocenters. The zero-order chi connectivity index (χ0) is 14.7. The van der Waals surface area contributed by atoms with Gasteiger partial charge in [0.15, 0.2) is 6.29 Å². The van der Waals surface area contributed by atoms with Crippen molar-refractivity contribution in [1.82, 2.24) is 0 Å². The van der Waals surface area contributed by atoms with Crippen LogP contribution >= 0.6 is 0 Å². The van der Waals surface area contributed by atoms with Crippen LogP contribution in [0.25, 0.3) is 0 Å². The Bertz CT molecular complexity index is 461. The van der Waals surface area contributed by atoms with E-state index in [2.05, 4.69) is 4.99 Å². The van der Waals surface area contributed by atoms with Gasteiger partial charge in [0.1, 0.15) is 24.4 Å². The Balaban J connectivity index is 2.09. The molecule has 6 heteroatoms. The molecule has 1 aliphatic rings. The average Bonchev–Trinajstić information content (AvgIpc) is 2.44. The van der Waals surface area contributed by atoms with Gasteiger partial charge in [-0.3, -0.25) is 4.99 Å². The van der Waals surface area contributed by atoms with Crippen LogP contribution in [-0.4, -0.2) is 63.9 Å². The average molecular weight is 281 g/mol. The quantitative estimate of drug-likeness (QED) is 0.544. The van der Waals surface area contributed by atoms with Crippen LogP contribution in [0, 0.1) is 6.92 Å². The van der Waals surface area contributed by atoms with Crippen molar-refractivity contribution in [2.45, 2.75) is 37.6 Å². The highest BCUT2D eigenvalue weighted by atomic mass is 16.6. The van der Waals surface area contributed by atoms with Crippen molar-refractivity contribution in [3.05, 3.63) is 35.4 Å². The fraction of sp³-hybridized carbons (Fsp3) is 0.500. The first-order valence-electron chi connectivity index (χ1n) is 6.43. The molecular formula is C14H19NO5. The van der Waals surface area contributed by atoms with E-state index in [9.17, 15) is 15.3 Å². The second kappa shape index (κ2) is 6.43. The predicted octanol–water partition coefficient (Wildman–Crippen LogP) is -0.786. The molecule has 1 heterocycles. The molecule has 0 spiro atoms. The Kier molecular flexibility index (Phi) is 4.85. The summed E-state index contributed by atoms with van der Waals surface area (Å²) in [7, 11) is 0. The van der Waals surface area contributed by atoms with E-state index in [0.717, 1.165) is 11.1 Å². The summed E-state index contributed by atoms with van der Waals surface area (Å²) in [4.78, 5) is 4.07. The van der Waals surface area contributed by atoms with Crippen molar-refractivity contribution in [3.63, 3.8) is 0 Å². The number of aliphatic hydroxyl groups excluding tert-OH is 4. The molecule has 0 amide bonds. The van der Waals surface area contributed by atoms with Crippen LogP contribution in [0.15, 0.2) is 29.3 Å². The van der Waals surface area contributed by atoms with Crippen LogP contribution < -0.4 is 0 Å². The molecule has 1 aromatic rings. The maximum absolute atomic E-state index is 9.92. The van der Waals surface area contributed by atoms with Gasteiger partial charge in [0.05, 0.1) is 6.61 Å². The molecule has 20 heavy (non-hydrogen) atoms. The standard InChI is InChI=1S/C14H19NO5/c1-8-2-4-9(5-3-8)6-15-11-13(18)12(17)10(7-16)20-14(11)19/h2-6,10-14,16-19H,7H2,1H3/t10?,11?,12-,13-,14?/m1/s1. The molecule has 0 saturated carbocycles. The third-order valence-electron chi connectivity index (χ3n) is 3.34. The summed E-state index contributed by atoms with van der Waals surface area (Å²) in [5, 5.41) is 38.4. The van der Waals surface area contributed by atoms with Crippen molar-refractivity contribution in [3.8, 4) is 0 Å². The first-order chi connectivity index (χ1) is 9.52. The van der Waals surface area contributed by atoms with E-state index in [4.69, 9.17) is 9.84 Å². The van der Waals surface area contributed by atoms with Gasteiger partial charge in [0.2, 0.25) is 0 Å². The van der Waals surface area contributed by atoms with Gasteiger partial charge in [-0.1, -0.05) is 29.8 Å². The number of nitrogens with zero attached hydrogens (tertiary/aromatic N) is 1. The van der Waals surface area contributed by atoms with Gasteiger partial charge in [0.25, 0.3) is 0 Å². The molecule has 0 aromatic heterocycles. The highest BCUT2D eigenvalue weighted by Crippen LogP contribution is 2.22. The number of ether oxygens (including phenoxy) is 1. The number of aliphatic hydroxyl groups is 4. The molecule has 6 nitrogen and oxygen atoms in total. The molecule has 1 aromatic carbocycles. The van der Waals surface area contributed by atoms with Crippen LogP contribution in [0.3, 0.4) is 0 Å². The fourth-order valence-electron chi connectivity index (χ4n) is 2.07. The van der Waals surface area contributed by atoms with E-state index in [1.54, 1.807) is 0 Å². The highest BCUT2D eigenvalue weighted by Gasteiger charge is 2.43. The lowest BCUT2D eigenvalue weighted by Crippen LogP contribution is -2.57. The lowest BCUT2D eigenvalue weighted by atomic mass is 9.97. The number of benzene rings is 1. The number of aryl methyl sites for hydroxylation is 1. The second-order valence-electron chi connectivity index (χ2n) is 4.91. The second-order valence-corrected chi connectivity index (χ2v) is 4.91. The third kappa shape index (κ3) is 3.23. The monoisotopic (exact) mass is 281 g/mol. The summed E-state index contributed by atoms with van der Waals surface area (Å²) in [5.41, 5.74) is 1.93. The molecule has 0 bridgehead atoms.